The van der Waals surface area contributed by atoms with E-state index in [0.29, 0.717) is 5.01 Å². The molecular formula is C20H18N2O3S. The summed E-state index contributed by atoms with van der Waals surface area (Å²) in [5.74, 6) is -1.34. The first-order chi connectivity index (χ1) is 12.5. The minimum Gasteiger partial charge on any atom is -0.481 e. The van der Waals surface area contributed by atoms with Crippen LogP contribution in [0.25, 0.3) is 11.3 Å². The zero-order valence-electron chi connectivity index (χ0n) is 14.2. The number of amides is 1. The lowest BCUT2D eigenvalue weighted by molar-refractivity contribution is -0.137. The van der Waals surface area contributed by atoms with Crippen LogP contribution in [0.1, 0.15) is 33.4 Å². The molecule has 26 heavy (non-hydrogen) atoms. The molecule has 0 saturated heterocycles. The van der Waals surface area contributed by atoms with Crippen molar-refractivity contribution in [3.8, 4) is 11.3 Å². The molecule has 0 bridgehead atoms. The summed E-state index contributed by atoms with van der Waals surface area (Å²) in [5.41, 5.74) is 3.49. The summed E-state index contributed by atoms with van der Waals surface area (Å²) in [7, 11) is 0. The van der Waals surface area contributed by atoms with Crippen molar-refractivity contribution >= 4 is 23.2 Å². The van der Waals surface area contributed by atoms with Crippen LogP contribution in [0.2, 0.25) is 0 Å². The van der Waals surface area contributed by atoms with Gasteiger partial charge in [0, 0.05) is 10.9 Å². The van der Waals surface area contributed by atoms with Crippen LogP contribution in [-0.4, -0.2) is 22.0 Å². The van der Waals surface area contributed by atoms with E-state index in [0.717, 1.165) is 22.4 Å². The second-order valence-electron chi connectivity index (χ2n) is 5.94. The van der Waals surface area contributed by atoms with Crippen molar-refractivity contribution in [3.63, 3.8) is 0 Å². The summed E-state index contributed by atoms with van der Waals surface area (Å²) in [6.07, 6.45) is -0.189. The van der Waals surface area contributed by atoms with Crippen LogP contribution in [-0.2, 0) is 4.79 Å². The molecule has 0 fully saturated rings. The summed E-state index contributed by atoms with van der Waals surface area (Å²) in [6, 6.07) is 16.4. The number of aryl methyl sites for hydroxylation is 1. The van der Waals surface area contributed by atoms with E-state index in [1.807, 2.05) is 66.9 Å². The second-order valence-corrected chi connectivity index (χ2v) is 6.80. The number of carbonyl (C=O) groups is 2. The van der Waals surface area contributed by atoms with Crippen LogP contribution < -0.4 is 5.32 Å². The van der Waals surface area contributed by atoms with E-state index in [1.54, 1.807) is 0 Å². The number of carboxylic acids is 1. The first-order valence-electron chi connectivity index (χ1n) is 8.13. The van der Waals surface area contributed by atoms with E-state index >= 15 is 0 Å². The number of nitrogens with one attached hydrogen (secondary N) is 1. The van der Waals surface area contributed by atoms with Crippen molar-refractivity contribution in [2.45, 2.75) is 19.4 Å². The lowest BCUT2D eigenvalue weighted by Crippen LogP contribution is -2.30. The van der Waals surface area contributed by atoms with Crippen molar-refractivity contribution in [2.75, 3.05) is 0 Å². The Labute approximate surface area is 155 Å². The molecule has 0 spiro atoms. The standard InChI is InChI=1S/C20H18N2O3S/c1-13-7-9-15(10-8-13)16(11-18(23)24)21-19(25)20-22-17(12-26-20)14-5-3-2-4-6-14/h2-10,12,16H,11H2,1H3,(H,21,25)(H,23,24)/t16-/m0/s1. The van der Waals surface area contributed by atoms with Gasteiger partial charge in [-0.25, -0.2) is 4.98 Å². The average molecular weight is 366 g/mol. The first-order valence-corrected chi connectivity index (χ1v) is 9.01. The van der Waals surface area contributed by atoms with Gasteiger partial charge in [-0.05, 0) is 12.5 Å². The van der Waals surface area contributed by atoms with Gasteiger partial charge < -0.3 is 10.4 Å². The van der Waals surface area contributed by atoms with E-state index < -0.39 is 12.0 Å². The van der Waals surface area contributed by atoms with E-state index in [4.69, 9.17) is 0 Å². The fourth-order valence-electron chi connectivity index (χ4n) is 2.57. The molecule has 0 unspecified atom stereocenters. The summed E-state index contributed by atoms with van der Waals surface area (Å²) >= 11 is 1.24. The molecule has 1 heterocycles. The average Bonchev–Trinajstić information content (AvgIpc) is 3.12. The van der Waals surface area contributed by atoms with Gasteiger partial charge in [0.05, 0.1) is 18.2 Å². The van der Waals surface area contributed by atoms with Crippen LogP contribution in [0.15, 0.2) is 60.0 Å². The number of hydrogen-bond acceptors (Lipinski definition) is 4. The Hall–Kier alpha value is -2.99. The maximum Gasteiger partial charge on any atom is 0.305 e. The predicted octanol–water partition coefficient (Wildman–Crippen LogP) is 4.06. The molecule has 132 valence electrons. The van der Waals surface area contributed by atoms with Crippen LogP contribution in [0.4, 0.5) is 0 Å². The number of thiazole rings is 1. The van der Waals surface area contributed by atoms with Crippen LogP contribution >= 0.6 is 11.3 Å². The van der Waals surface area contributed by atoms with Gasteiger partial charge in [0.2, 0.25) is 0 Å². The smallest absolute Gasteiger partial charge is 0.305 e. The minimum atomic E-state index is -0.972. The van der Waals surface area contributed by atoms with Crippen molar-refractivity contribution < 1.29 is 14.7 Å². The first kappa shape index (κ1) is 17.8. The topological polar surface area (TPSA) is 79.3 Å². The highest BCUT2D eigenvalue weighted by Crippen LogP contribution is 2.23. The lowest BCUT2D eigenvalue weighted by atomic mass is 10.0. The summed E-state index contributed by atoms with van der Waals surface area (Å²) in [6.45, 7) is 1.95. The van der Waals surface area contributed by atoms with E-state index in [2.05, 4.69) is 10.3 Å². The van der Waals surface area contributed by atoms with Gasteiger partial charge in [0.15, 0.2) is 5.01 Å². The van der Waals surface area contributed by atoms with Gasteiger partial charge >= 0.3 is 5.97 Å². The normalized spacial score (nSPS) is 11.7. The maximum atomic E-state index is 12.6. The van der Waals surface area contributed by atoms with Crippen LogP contribution in [0.3, 0.4) is 0 Å². The molecule has 2 aromatic carbocycles. The highest BCUT2D eigenvalue weighted by molar-refractivity contribution is 7.12. The van der Waals surface area contributed by atoms with Crippen molar-refractivity contribution in [2.24, 2.45) is 0 Å². The quantitative estimate of drug-likeness (QED) is 0.689. The third kappa shape index (κ3) is 4.34. The van der Waals surface area contributed by atoms with Crippen molar-refractivity contribution in [1.82, 2.24) is 10.3 Å². The molecule has 1 aromatic heterocycles. The third-order valence-corrected chi connectivity index (χ3v) is 4.77. The van der Waals surface area contributed by atoms with Gasteiger partial charge in [-0.1, -0.05) is 60.2 Å². The lowest BCUT2D eigenvalue weighted by Gasteiger charge is -2.17. The summed E-state index contributed by atoms with van der Waals surface area (Å²) in [5, 5.41) is 14.1. The fourth-order valence-corrected chi connectivity index (χ4v) is 3.29. The molecule has 6 heteroatoms. The Morgan fingerprint density at radius 2 is 1.81 bits per heavy atom. The molecule has 0 saturated carbocycles. The maximum absolute atomic E-state index is 12.6. The Kier molecular flexibility index (Phi) is 5.43. The zero-order chi connectivity index (χ0) is 18.5. The van der Waals surface area contributed by atoms with Crippen LogP contribution in [0.5, 0.6) is 0 Å². The monoisotopic (exact) mass is 366 g/mol. The molecule has 0 aliphatic carbocycles. The van der Waals surface area contributed by atoms with Gasteiger partial charge in [0.25, 0.3) is 5.91 Å². The molecule has 3 aromatic rings. The number of nitrogens with zero attached hydrogens (tertiary/aromatic N) is 1. The number of aromatic nitrogens is 1. The molecule has 5 nitrogen and oxygen atoms in total. The molecule has 0 aliphatic heterocycles. The Morgan fingerprint density at radius 3 is 2.46 bits per heavy atom. The molecule has 0 radical (unpaired) electrons. The van der Waals surface area contributed by atoms with Gasteiger partial charge in [-0.3, -0.25) is 9.59 Å². The third-order valence-electron chi connectivity index (χ3n) is 3.93. The van der Waals surface area contributed by atoms with E-state index in [-0.39, 0.29) is 12.3 Å². The molecule has 3 rings (SSSR count). The summed E-state index contributed by atoms with van der Waals surface area (Å²) < 4.78 is 0. The Morgan fingerprint density at radius 1 is 1.12 bits per heavy atom. The molecular weight excluding hydrogens is 348 g/mol. The van der Waals surface area contributed by atoms with E-state index in [1.165, 1.54) is 11.3 Å². The SMILES string of the molecule is Cc1ccc([C@H](CC(=O)O)NC(=O)c2nc(-c3ccccc3)cs2)cc1. The molecule has 1 atom stereocenters. The van der Waals surface area contributed by atoms with Crippen LogP contribution in [0, 0.1) is 6.92 Å². The number of rotatable bonds is 6. The Bertz CT molecular complexity index is 904. The number of carboxylic acid groups (broad SMARTS) is 1. The van der Waals surface area contributed by atoms with E-state index in [9.17, 15) is 14.7 Å². The highest BCUT2D eigenvalue weighted by atomic mass is 32.1. The van der Waals surface area contributed by atoms with Gasteiger partial charge in [-0.2, -0.15) is 0 Å². The summed E-state index contributed by atoms with van der Waals surface area (Å²) in [4.78, 5) is 28.1. The number of carbonyl (C=O) groups excluding carboxylic acids is 1. The molecule has 2 N–H and O–H groups in total. The fraction of sp³-hybridized carbons (Fsp3) is 0.150. The van der Waals surface area contributed by atoms with Gasteiger partial charge in [-0.15, -0.1) is 11.3 Å². The zero-order valence-corrected chi connectivity index (χ0v) is 15.0. The largest absolute Gasteiger partial charge is 0.481 e. The van der Waals surface area contributed by atoms with Gasteiger partial charge in [0.1, 0.15) is 0 Å². The molecule has 1 amide bonds. The number of benzene rings is 2. The minimum absolute atomic E-state index is 0.189. The predicted molar refractivity (Wildman–Crippen MR) is 101 cm³/mol. The number of hydrogen-bond donors (Lipinski definition) is 2. The number of aliphatic carboxylic acids is 1. The van der Waals surface area contributed by atoms with Crippen molar-refractivity contribution in [3.05, 3.63) is 76.1 Å². The molecule has 0 aliphatic rings. The highest BCUT2D eigenvalue weighted by Gasteiger charge is 2.21. The second kappa shape index (κ2) is 7.93. The van der Waals surface area contributed by atoms with Crippen molar-refractivity contribution in [1.29, 1.82) is 0 Å². The Balaban J connectivity index is 1.78.